The highest BCUT2D eigenvalue weighted by atomic mass is 16.6. The van der Waals surface area contributed by atoms with Gasteiger partial charge in [0.1, 0.15) is 12.7 Å². The maximum absolute atomic E-state index is 10.9. The van der Waals surface area contributed by atoms with Gasteiger partial charge in [0.15, 0.2) is 6.61 Å². The molecule has 18 heavy (non-hydrogen) atoms. The van der Waals surface area contributed by atoms with Gasteiger partial charge in [-0.25, -0.2) is 15.5 Å². The Morgan fingerprint density at radius 3 is 2.78 bits per heavy atom. The largest absolute Gasteiger partial charge is 0.386 e. The lowest BCUT2D eigenvalue weighted by atomic mass is 9.90. The minimum absolute atomic E-state index is 0.203. The van der Waals surface area contributed by atoms with Crippen LogP contribution in [-0.2, 0) is 16.2 Å². The molecule has 1 heterocycles. The Kier molecular flexibility index (Phi) is 4.78. The van der Waals surface area contributed by atoms with Crippen LogP contribution in [0.25, 0.3) is 0 Å². The summed E-state index contributed by atoms with van der Waals surface area (Å²) < 4.78 is 1.64. The van der Waals surface area contributed by atoms with Crippen LogP contribution in [0.15, 0.2) is 17.8 Å². The summed E-state index contributed by atoms with van der Waals surface area (Å²) in [6, 6.07) is 0. The molecule has 0 unspecified atom stereocenters. The molecule has 0 aliphatic carbocycles. The number of nitrogens with zero attached hydrogens (tertiary/aromatic N) is 4. The van der Waals surface area contributed by atoms with Gasteiger partial charge in [-0.05, 0) is 0 Å². The van der Waals surface area contributed by atoms with Crippen LogP contribution in [-0.4, -0.2) is 33.0 Å². The van der Waals surface area contributed by atoms with Crippen molar-refractivity contribution in [1.82, 2.24) is 20.2 Å². The van der Waals surface area contributed by atoms with Crippen molar-refractivity contribution >= 4 is 11.6 Å². The smallest absolute Gasteiger partial charge is 0.274 e. The van der Waals surface area contributed by atoms with E-state index in [9.17, 15) is 4.79 Å². The van der Waals surface area contributed by atoms with Crippen LogP contribution in [0, 0.1) is 5.41 Å². The molecule has 0 aliphatic heterocycles. The van der Waals surface area contributed by atoms with Gasteiger partial charge in [0.2, 0.25) is 0 Å². The van der Waals surface area contributed by atoms with Crippen LogP contribution < -0.4 is 11.3 Å². The Hall–Kier alpha value is -1.96. The highest BCUT2D eigenvalue weighted by molar-refractivity contribution is 5.88. The first-order valence-corrected chi connectivity index (χ1v) is 5.44. The number of hydrogen-bond donors (Lipinski definition) is 2. The number of hydrazine groups is 1. The van der Waals surface area contributed by atoms with Crippen molar-refractivity contribution in [3.63, 3.8) is 0 Å². The van der Waals surface area contributed by atoms with Gasteiger partial charge in [-0.15, -0.1) is 0 Å². The zero-order valence-electron chi connectivity index (χ0n) is 10.8. The minimum Gasteiger partial charge on any atom is -0.386 e. The van der Waals surface area contributed by atoms with Gasteiger partial charge in [-0.3, -0.25) is 10.2 Å². The maximum atomic E-state index is 10.9. The quantitative estimate of drug-likeness (QED) is 0.324. The van der Waals surface area contributed by atoms with E-state index in [1.165, 1.54) is 6.33 Å². The predicted molar refractivity (Wildman–Crippen MR) is 65.2 cm³/mol. The van der Waals surface area contributed by atoms with Crippen molar-refractivity contribution in [3.05, 3.63) is 12.7 Å². The molecule has 0 atom stereocenters. The van der Waals surface area contributed by atoms with Crippen LogP contribution in [0.3, 0.4) is 0 Å². The van der Waals surface area contributed by atoms with E-state index in [-0.39, 0.29) is 12.0 Å². The van der Waals surface area contributed by atoms with E-state index in [4.69, 9.17) is 10.7 Å². The van der Waals surface area contributed by atoms with Gasteiger partial charge in [-0.2, -0.15) is 5.10 Å². The maximum Gasteiger partial charge on any atom is 0.274 e. The zero-order chi connectivity index (χ0) is 13.6. The second-order valence-electron chi connectivity index (χ2n) is 4.72. The molecule has 1 aromatic rings. The standard InChI is InChI=1S/C10H18N6O2/c1-10(2,3)8(4-16-7-12-6-13-16)15-18-5-9(17)14-11/h6-7H,4-5,11H2,1-3H3,(H,14,17)/b15-8+. The number of nitrogens with one attached hydrogen (secondary N) is 1. The number of rotatable bonds is 5. The van der Waals surface area contributed by atoms with Gasteiger partial charge in [0.25, 0.3) is 5.91 Å². The number of nitrogens with two attached hydrogens (primary N) is 1. The molecule has 1 aromatic heterocycles. The average Bonchev–Trinajstić information content (AvgIpc) is 2.79. The fourth-order valence-corrected chi connectivity index (χ4v) is 1.08. The van der Waals surface area contributed by atoms with Crippen molar-refractivity contribution in [2.24, 2.45) is 16.4 Å². The Labute approximate surface area is 105 Å². The highest BCUT2D eigenvalue weighted by Gasteiger charge is 2.20. The van der Waals surface area contributed by atoms with E-state index in [0.717, 1.165) is 5.71 Å². The van der Waals surface area contributed by atoms with E-state index in [1.54, 1.807) is 11.0 Å². The molecule has 8 heteroatoms. The van der Waals surface area contributed by atoms with E-state index in [1.807, 2.05) is 26.2 Å². The molecule has 0 fully saturated rings. The van der Waals surface area contributed by atoms with E-state index < -0.39 is 5.91 Å². The molecule has 0 spiro atoms. The lowest BCUT2D eigenvalue weighted by Gasteiger charge is -2.20. The fourth-order valence-electron chi connectivity index (χ4n) is 1.08. The second kappa shape index (κ2) is 6.10. The lowest BCUT2D eigenvalue weighted by molar-refractivity contribution is -0.125. The van der Waals surface area contributed by atoms with Gasteiger partial charge >= 0.3 is 0 Å². The zero-order valence-corrected chi connectivity index (χ0v) is 10.8. The summed E-state index contributed by atoms with van der Waals surface area (Å²) in [4.78, 5) is 19.7. The molecule has 0 saturated carbocycles. The molecule has 0 radical (unpaired) electrons. The number of hydrogen-bond acceptors (Lipinski definition) is 6. The van der Waals surface area contributed by atoms with Gasteiger partial charge in [0.05, 0.1) is 12.3 Å². The highest BCUT2D eigenvalue weighted by Crippen LogP contribution is 2.17. The topological polar surface area (TPSA) is 107 Å². The Morgan fingerprint density at radius 1 is 1.56 bits per heavy atom. The number of aromatic nitrogens is 3. The summed E-state index contributed by atoms with van der Waals surface area (Å²) in [7, 11) is 0. The first-order chi connectivity index (χ1) is 8.43. The Balaban J connectivity index is 2.67. The summed E-state index contributed by atoms with van der Waals surface area (Å²) in [5.74, 6) is 4.50. The molecular formula is C10H18N6O2. The lowest BCUT2D eigenvalue weighted by Crippen LogP contribution is -2.33. The molecule has 8 nitrogen and oxygen atoms in total. The monoisotopic (exact) mass is 254 g/mol. The van der Waals surface area contributed by atoms with Crippen molar-refractivity contribution in [1.29, 1.82) is 0 Å². The molecule has 0 aromatic carbocycles. The van der Waals surface area contributed by atoms with Gasteiger partial charge < -0.3 is 4.84 Å². The predicted octanol–water partition coefficient (Wildman–Crippen LogP) is -0.313. The fraction of sp³-hybridized carbons (Fsp3) is 0.600. The summed E-state index contributed by atoms with van der Waals surface area (Å²) in [5.41, 5.74) is 2.51. The normalized spacial score (nSPS) is 12.3. The summed E-state index contributed by atoms with van der Waals surface area (Å²) >= 11 is 0. The first kappa shape index (κ1) is 14.1. The van der Waals surface area contributed by atoms with Crippen LogP contribution in [0.2, 0.25) is 0 Å². The number of oxime groups is 1. The molecule has 1 rings (SSSR count). The van der Waals surface area contributed by atoms with E-state index in [0.29, 0.717) is 6.54 Å². The van der Waals surface area contributed by atoms with Crippen LogP contribution >= 0.6 is 0 Å². The summed E-state index contributed by atoms with van der Waals surface area (Å²) in [5, 5.41) is 7.97. The van der Waals surface area contributed by atoms with E-state index >= 15 is 0 Å². The van der Waals surface area contributed by atoms with E-state index in [2.05, 4.69) is 15.2 Å². The number of carbonyl (C=O) groups is 1. The Bertz CT molecular complexity index is 407. The molecule has 100 valence electrons. The third-order valence-corrected chi connectivity index (χ3v) is 2.18. The molecule has 0 bridgehead atoms. The van der Waals surface area contributed by atoms with Crippen molar-refractivity contribution in [2.75, 3.05) is 6.61 Å². The number of carbonyl (C=O) groups excluding carboxylic acids is 1. The molecule has 0 saturated heterocycles. The number of amides is 1. The molecule has 3 N–H and O–H groups in total. The molecule has 1 amide bonds. The third-order valence-electron chi connectivity index (χ3n) is 2.18. The van der Waals surface area contributed by atoms with Crippen molar-refractivity contribution in [2.45, 2.75) is 27.3 Å². The van der Waals surface area contributed by atoms with Crippen LogP contribution in [0.5, 0.6) is 0 Å². The van der Waals surface area contributed by atoms with Crippen LogP contribution in [0.1, 0.15) is 20.8 Å². The second-order valence-corrected chi connectivity index (χ2v) is 4.72. The van der Waals surface area contributed by atoms with Crippen LogP contribution in [0.4, 0.5) is 0 Å². The minimum atomic E-state index is -0.437. The molecule has 0 aliphatic rings. The third kappa shape index (κ3) is 4.50. The van der Waals surface area contributed by atoms with Crippen molar-refractivity contribution < 1.29 is 9.63 Å². The van der Waals surface area contributed by atoms with Gasteiger partial charge in [-0.1, -0.05) is 25.9 Å². The summed E-state index contributed by atoms with van der Waals surface area (Å²) in [6.45, 7) is 6.22. The summed E-state index contributed by atoms with van der Waals surface area (Å²) in [6.07, 6.45) is 3.04. The SMILES string of the molecule is CC(C)(C)/C(Cn1cncn1)=N/OCC(=O)NN. The molecular weight excluding hydrogens is 236 g/mol. The van der Waals surface area contributed by atoms with Gasteiger partial charge in [0, 0.05) is 5.41 Å². The average molecular weight is 254 g/mol. The first-order valence-electron chi connectivity index (χ1n) is 5.44. The van der Waals surface area contributed by atoms with Crippen molar-refractivity contribution in [3.8, 4) is 0 Å². The Morgan fingerprint density at radius 2 is 2.28 bits per heavy atom.